The van der Waals surface area contributed by atoms with E-state index in [1.165, 1.54) is 6.92 Å². The topological polar surface area (TPSA) is 95.5 Å². The predicted octanol–water partition coefficient (Wildman–Crippen LogP) is 2.47. The summed E-state index contributed by atoms with van der Waals surface area (Å²) in [5.41, 5.74) is 0.731. The predicted molar refractivity (Wildman–Crippen MR) is 93.9 cm³/mol. The zero-order valence-corrected chi connectivity index (χ0v) is 14.8. The van der Waals surface area contributed by atoms with Gasteiger partial charge < -0.3 is 15.7 Å². The Morgan fingerprint density at radius 2 is 1.72 bits per heavy atom. The fourth-order valence-electron chi connectivity index (χ4n) is 3.35. The van der Waals surface area contributed by atoms with Crippen LogP contribution in [0.1, 0.15) is 62.6 Å². The molecule has 25 heavy (non-hydrogen) atoms. The molecular weight excluding hydrogens is 320 g/mol. The minimum Gasteiger partial charge on any atom is -0.480 e. The summed E-state index contributed by atoms with van der Waals surface area (Å²) in [5.74, 6) is -1.57. The van der Waals surface area contributed by atoms with E-state index in [2.05, 4.69) is 10.6 Å². The van der Waals surface area contributed by atoms with E-state index in [9.17, 15) is 19.5 Å². The number of benzene rings is 1. The van der Waals surface area contributed by atoms with Crippen molar-refractivity contribution in [2.75, 3.05) is 0 Å². The van der Waals surface area contributed by atoms with Crippen molar-refractivity contribution in [3.05, 3.63) is 35.4 Å². The third kappa shape index (κ3) is 5.05. The highest BCUT2D eigenvalue weighted by Crippen LogP contribution is 2.29. The zero-order chi connectivity index (χ0) is 18.4. The van der Waals surface area contributed by atoms with Crippen LogP contribution in [0.15, 0.2) is 24.3 Å². The Morgan fingerprint density at radius 1 is 1.12 bits per heavy atom. The van der Waals surface area contributed by atoms with Crippen LogP contribution in [0.2, 0.25) is 0 Å². The molecule has 0 aliphatic heterocycles. The molecule has 0 spiro atoms. The fourth-order valence-corrected chi connectivity index (χ4v) is 3.35. The maximum absolute atomic E-state index is 12.5. The van der Waals surface area contributed by atoms with Crippen molar-refractivity contribution in [1.29, 1.82) is 0 Å². The molecule has 6 heteroatoms. The molecule has 0 bridgehead atoms. The molecule has 1 atom stereocenters. The molecule has 1 aromatic carbocycles. The summed E-state index contributed by atoms with van der Waals surface area (Å²) in [6.45, 7) is 3.36. The van der Waals surface area contributed by atoms with Crippen LogP contribution in [0.4, 0.5) is 0 Å². The van der Waals surface area contributed by atoms with Gasteiger partial charge >= 0.3 is 5.97 Å². The van der Waals surface area contributed by atoms with E-state index in [0.717, 1.165) is 30.4 Å². The van der Waals surface area contributed by atoms with E-state index in [4.69, 9.17) is 0 Å². The molecule has 1 fully saturated rings. The maximum Gasteiger partial charge on any atom is 0.329 e. The van der Waals surface area contributed by atoms with Gasteiger partial charge in [-0.1, -0.05) is 49.1 Å². The number of carbonyl (C=O) groups is 3. The van der Waals surface area contributed by atoms with Gasteiger partial charge in [0.2, 0.25) is 11.8 Å². The molecular formula is C19H26N2O4. The first kappa shape index (κ1) is 19.0. The average Bonchev–Trinajstić information content (AvgIpc) is 2.55. The van der Waals surface area contributed by atoms with Gasteiger partial charge in [0.1, 0.15) is 5.54 Å². The quantitative estimate of drug-likeness (QED) is 0.737. The Balaban J connectivity index is 2.11. The van der Waals surface area contributed by atoms with Crippen LogP contribution in [0.25, 0.3) is 0 Å². The number of rotatable bonds is 6. The van der Waals surface area contributed by atoms with E-state index < -0.39 is 17.6 Å². The summed E-state index contributed by atoms with van der Waals surface area (Å²) in [4.78, 5) is 35.7. The van der Waals surface area contributed by atoms with Gasteiger partial charge in [-0.05, 0) is 25.3 Å². The number of carbonyl (C=O) groups excluding carboxylic acids is 2. The third-order valence-corrected chi connectivity index (χ3v) is 4.74. The third-order valence-electron chi connectivity index (χ3n) is 4.74. The van der Waals surface area contributed by atoms with Crippen LogP contribution in [-0.4, -0.2) is 28.4 Å². The molecule has 1 aliphatic rings. The Morgan fingerprint density at radius 3 is 2.24 bits per heavy atom. The molecule has 0 heterocycles. The van der Waals surface area contributed by atoms with Crippen LogP contribution in [-0.2, 0) is 14.4 Å². The van der Waals surface area contributed by atoms with Gasteiger partial charge in [-0.15, -0.1) is 0 Å². The lowest BCUT2D eigenvalue weighted by molar-refractivity contribution is -0.149. The summed E-state index contributed by atoms with van der Waals surface area (Å²) in [6.07, 6.45) is 3.48. The second-order valence-corrected chi connectivity index (χ2v) is 6.86. The molecule has 0 radical (unpaired) electrons. The molecule has 0 aromatic heterocycles. The summed E-state index contributed by atoms with van der Waals surface area (Å²) in [5, 5.41) is 15.1. The smallest absolute Gasteiger partial charge is 0.329 e. The number of hydrogen-bond acceptors (Lipinski definition) is 3. The molecule has 0 saturated heterocycles. The van der Waals surface area contributed by atoms with Crippen LogP contribution in [0, 0.1) is 6.92 Å². The van der Waals surface area contributed by atoms with Crippen LogP contribution in [0.5, 0.6) is 0 Å². The van der Waals surface area contributed by atoms with Crippen molar-refractivity contribution in [2.45, 2.75) is 64.0 Å². The first-order valence-electron chi connectivity index (χ1n) is 8.70. The summed E-state index contributed by atoms with van der Waals surface area (Å²) in [7, 11) is 0. The van der Waals surface area contributed by atoms with Crippen LogP contribution >= 0.6 is 0 Å². The SMILES string of the molecule is CC(=O)N[C@H](CC(=O)NC1(C(=O)O)CCCCC1)c1ccc(C)cc1. The van der Waals surface area contributed by atoms with Crippen molar-refractivity contribution in [3.63, 3.8) is 0 Å². The molecule has 1 saturated carbocycles. The van der Waals surface area contributed by atoms with Gasteiger partial charge in [0.15, 0.2) is 0 Å². The molecule has 1 aromatic rings. The normalized spacial score (nSPS) is 17.4. The number of aryl methyl sites for hydroxylation is 1. The molecule has 136 valence electrons. The van der Waals surface area contributed by atoms with E-state index in [1.807, 2.05) is 31.2 Å². The number of amides is 2. The first-order valence-corrected chi connectivity index (χ1v) is 8.70. The van der Waals surface area contributed by atoms with E-state index >= 15 is 0 Å². The van der Waals surface area contributed by atoms with Crippen molar-refractivity contribution in [3.8, 4) is 0 Å². The van der Waals surface area contributed by atoms with Crippen molar-refractivity contribution in [2.24, 2.45) is 0 Å². The first-order chi connectivity index (χ1) is 11.8. The summed E-state index contributed by atoms with van der Waals surface area (Å²) in [6, 6.07) is 7.10. The Labute approximate surface area is 148 Å². The number of aliphatic carboxylic acids is 1. The highest BCUT2D eigenvalue weighted by Gasteiger charge is 2.41. The molecule has 1 aliphatic carbocycles. The summed E-state index contributed by atoms with van der Waals surface area (Å²) < 4.78 is 0. The highest BCUT2D eigenvalue weighted by molar-refractivity contribution is 5.87. The second kappa shape index (κ2) is 8.14. The lowest BCUT2D eigenvalue weighted by atomic mass is 9.81. The maximum atomic E-state index is 12.5. The largest absolute Gasteiger partial charge is 0.480 e. The Hall–Kier alpha value is -2.37. The van der Waals surface area contributed by atoms with Gasteiger partial charge in [-0.25, -0.2) is 4.79 Å². The van der Waals surface area contributed by atoms with Gasteiger partial charge in [0.05, 0.1) is 12.5 Å². The van der Waals surface area contributed by atoms with Gasteiger partial charge in [0, 0.05) is 6.92 Å². The lowest BCUT2D eigenvalue weighted by Gasteiger charge is -2.34. The molecule has 6 nitrogen and oxygen atoms in total. The van der Waals surface area contributed by atoms with Crippen molar-refractivity contribution in [1.82, 2.24) is 10.6 Å². The summed E-state index contributed by atoms with van der Waals surface area (Å²) >= 11 is 0. The minimum atomic E-state index is -1.18. The monoisotopic (exact) mass is 346 g/mol. The van der Waals surface area contributed by atoms with Gasteiger partial charge in [-0.3, -0.25) is 9.59 Å². The van der Waals surface area contributed by atoms with Gasteiger partial charge in [-0.2, -0.15) is 0 Å². The fraction of sp³-hybridized carbons (Fsp3) is 0.526. The molecule has 3 N–H and O–H groups in total. The number of carboxylic acids is 1. The standard InChI is InChI=1S/C19H26N2O4/c1-13-6-8-15(9-7-13)16(20-14(2)22)12-17(23)21-19(18(24)25)10-4-3-5-11-19/h6-9,16H,3-5,10-12H2,1-2H3,(H,20,22)(H,21,23)(H,24,25)/t16-/m1/s1. The highest BCUT2D eigenvalue weighted by atomic mass is 16.4. The van der Waals surface area contributed by atoms with Crippen LogP contribution < -0.4 is 10.6 Å². The van der Waals surface area contributed by atoms with Crippen molar-refractivity contribution >= 4 is 17.8 Å². The van der Waals surface area contributed by atoms with E-state index in [-0.39, 0.29) is 18.2 Å². The lowest BCUT2D eigenvalue weighted by Crippen LogP contribution is -2.56. The average molecular weight is 346 g/mol. The molecule has 0 unspecified atom stereocenters. The Bertz CT molecular complexity index is 633. The zero-order valence-electron chi connectivity index (χ0n) is 14.8. The number of carboxylic acid groups (broad SMARTS) is 1. The van der Waals surface area contributed by atoms with E-state index in [0.29, 0.717) is 12.8 Å². The van der Waals surface area contributed by atoms with E-state index in [1.54, 1.807) is 0 Å². The van der Waals surface area contributed by atoms with Crippen molar-refractivity contribution < 1.29 is 19.5 Å². The minimum absolute atomic E-state index is 0.0116. The second-order valence-electron chi connectivity index (χ2n) is 6.86. The Kier molecular flexibility index (Phi) is 6.17. The molecule has 2 rings (SSSR count). The number of hydrogen-bond donors (Lipinski definition) is 3. The molecule has 2 amide bonds. The van der Waals surface area contributed by atoms with Gasteiger partial charge in [0.25, 0.3) is 0 Å². The van der Waals surface area contributed by atoms with Crippen LogP contribution in [0.3, 0.4) is 0 Å². The number of nitrogens with one attached hydrogen (secondary N) is 2.